The highest BCUT2D eigenvalue weighted by atomic mass is 32.2. The van der Waals surface area contributed by atoms with Crippen LogP contribution in [0.3, 0.4) is 0 Å². The summed E-state index contributed by atoms with van der Waals surface area (Å²) in [7, 11) is -2.00. The number of aromatic nitrogens is 1. The lowest BCUT2D eigenvalue weighted by Gasteiger charge is -2.10. The molecule has 0 saturated heterocycles. The van der Waals surface area contributed by atoms with Crippen molar-refractivity contribution in [3.63, 3.8) is 0 Å². The summed E-state index contributed by atoms with van der Waals surface area (Å²) in [6.07, 6.45) is 0. The lowest BCUT2D eigenvalue weighted by molar-refractivity contribution is 0.101. The Morgan fingerprint density at radius 3 is 2.55 bits per heavy atom. The minimum absolute atomic E-state index is 0.131. The molecular weight excluding hydrogens is 306 g/mol. The summed E-state index contributed by atoms with van der Waals surface area (Å²) in [5.41, 5.74) is 1.26. The van der Waals surface area contributed by atoms with Crippen molar-refractivity contribution in [2.45, 2.75) is 25.4 Å². The number of Topliss-reactive ketones (excluding diaryl/α,β-unsaturated/α-hetero) is 1. The lowest BCUT2D eigenvalue weighted by atomic mass is 10.1. The van der Waals surface area contributed by atoms with Crippen molar-refractivity contribution >= 4 is 15.6 Å². The molecule has 118 valence electrons. The first kappa shape index (κ1) is 16.2. The molecule has 1 aromatic carbocycles. The molecule has 0 atom stereocenters. The van der Waals surface area contributed by atoms with E-state index < -0.39 is 9.84 Å². The van der Waals surface area contributed by atoms with Crippen molar-refractivity contribution in [3.8, 4) is 5.75 Å². The molecule has 22 heavy (non-hydrogen) atoms. The second kappa shape index (κ2) is 6.31. The molecule has 0 spiro atoms. The highest BCUT2D eigenvalue weighted by Gasteiger charge is 2.19. The number of carbonyl (C=O) groups is 1. The monoisotopic (exact) mass is 323 g/mol. The van der Waals surface area contributed by atoms with E-state index in [2.05, 4.69) is 5.16 Å². The molecule has 0 aliphatic rings. The number of ketones is 1. The Morgan fingerprint density at radius 2 is 2.00 bits per heavy atom. The first-order valence-electron chi connectivity index (χ1n) is 6.61. The molecule has 0 fully saturated rings. The van der Waals surface area contributed by atoms with Crippen molar-refractivity contribution < 1.29 is 22.5 Å². The number of rotatable bonds is 6. The highest BCUT2D eigenvalue weighted by Crippen LogP contribution is 2.24. The van der Waals surface area contributed by atoms with Gasteiger partial charge >= 0.3 is 0 Å². The molecule has 0 bridgehead atoms. The van der Waals surface area contributed by atoms with E-state index in [0.717, 1.165) is 0 Å². The maximum absolute atomic E-state index is 12.3. The Hall–Kier alpha value is -2.15. The topological polar surface area (TPSA) is 86.5 Å². The van der Waals surface area contributed by atoms with Crippen LogP contribution in [0.1, 0.15) is 34.3 Å². The van der Waals surface area contributed by atoms with Crippen LogP contribution in [-0.2, 0) is 21.3 Å². The summed E-state index contributed by atoms with van der Waals surface area (Å²) in [5.74, 6) is 0.403. The maximum atomic E-state index is 12.3. The Morgan fingerprint density at radius 1 is 1.27 bits per heavy atom. The number of aryl methyl sites for hydroxylation is 1. The van der Waals surface area contributed by atoms with Gasteiger partial charge in [0.2, 0.25) is 0 Å². The van der Waals surface area contributed by atoms with Gasteiger partial charge in [-0.1, -0.05) is 5.16 Å². The van der Waals surface area contributed by atoms with Gasteiger partial charge in [-0.15, -0.1) is 0 Å². The highest BCUT2D eigenvalue weighted by molar-refractivity contribution is 7.89. The molecule has 0 aliphatic heterocycles. The minimum atomic E-state index is -3.46. The average Bonchev–Trinajstić information content (AvgIpc) is 2.82. The van der Waals surface area contributed by atoms with Gasteiger partial charge in [-0.2, -0.15) is 0 Å². The zero-order valence-electron chi connectivity index (χ0n) is 12.6. The zero-order chi connectivity index (χ0) is 16.3. The first-order valence-corrected chi connectivity index (χ1v) is 8.43. The van der Waals surface area contributed by atoms with Crippen molar-refractivity contribution in [3.05, 3.63) is 46.8 Å². The van der Waals surface area contributed by atoms with Gasteiger partial charge in [-0.05, 0) is 32.0 Å². The van der Waals surface area contributed by atoms with E-state index in [-0.39, 0.29) is 17.3 Å². The Kier molecular flexibility index (Phi) is 4.65. The van der Waals surface area contributed by atoms with Crippen LogP contribution >= 0.6 is 0 Å². The van der Waals surface area contributed by atoms with Gasteiger partial charge in [0, 0.05) is 17.2 Å². The van der Waals surface area contributed by atoms with E-state index in [1.54, 1.807) is 31.2 Å². The Bertz CT molecular complexity index is 792. The summed E-state index contributed by atoms with van der Waals surface area (Å²) in [6, 6.07) is 6.34. The quantitative estimate of drug-likeness (QED) is 0.758. The summed E-state index contributed by atoms with van der Waals surface area (Å²) in [4.78, 5) is 11.4. The van der Waals surface area contributed by atoms with Crippen LogP contribution in [0.4, 0.5) is 0 Å². The van der Waals surface area contributed by atoms with Gasteiger partial charge in [0.05, 0.1) is 24.3 Å². The molecule has 7 heteroatoms. The third kappa shape index (κ3) is 3.94. The molecule has 0 saturated carbocycles. The van der Waals surface area contributed by atoms with E-state index in [0.29, 0.717) is 28.3 Å². The number of methoxy groups -OCH3 is 1. The van der Waals surface area contributed by atoms with E-state index in [1.165, 1.54) is 14.0 Å². The predicted octanol–water partition coefficient (Wildman–Crippen LogP) is 2.31. The van der Waals surface area contributed by atoms with Crippen LogP contribution in [0.2, 0.25) is 0 Å². The third-order valence-electron chi connectivity index (χ3n) is 3.11. The molecule has 2 rings (SSSR count). The lowest BCUT2D eigenvalue weighted by Crippen LogP contribution is -2.09. The number of carbonyl (C=O) groups excluding carboxylic acids is 1. The summed E-state index contributed by atoms with van der Waals surface area (Å²) >= 11 is 0. The van der Waals surface area contributed by atoms with Crippen molar-refractivity contribution in [2.24, 2.45) is 0 Å². The van der Waals surface area contributed by atoms with Gasteiger partial charge in [0.1, 0.15) is 11.5 Å². The number of sulfone groups is 1. The van der Waals surface area contributed by atoms with E-state index in [4.69, 9.17) is 9.26 Å². The summed E-state index contributed by atoms with van der Waals surface area (Å²) in [5, 5.41) is 3.69. The largest absolute Gasteiger partial charge is 0.496 e. The van der Waals surface area contributed by atoms with Gasteiger partial charge < -0.3 is 9.26 Å². The first-order chi connectivity index (χ1) is 10.3. The number of hydrogen-bond acceptors (Lipinski definition) is 6. The van der Waals surface area contributed by atoms with Crippen LogP contribution < -0.4 is 4.74 Å². The second-order valence-corrected chi connectivity index (χ2v) is 7.11. The van der Waals surface area contributed by atoms with E-state index >= 15 is 0 Å². The molecule has 0 radical (unpaired) electrons. The van der Waals surface area contributed by atoms with E-state index in [9.17, 15) is 13.2 Å². The van der Waals surface area contributed by atoms with Crippen LogP contribution in [-0.4, -0.2) is 26.5 Å². The van der Waals surface area contributed by atoms with Crippen molar-refractivity contribution in [1.29, 1.82) is 0 Å². The van der Waals surface area contributed by atoms with Crippen molar-refractivity contribution in [2.75, 3.05) is 7.11 Å². The van der Waals surface area contributed by atoms with Gasteiger partial charge in [0.15, 0.2) is 15.6 Å². The SMILES string of the molecule is COc1ccc(C(C)=O)cc1CS(=O)(=O)Cc1cc(C)on1. The average molecular weight is 323 g/mol. The van der Waals surface area contributed by atoms with Gasteiger partial charge in [-0.3, -0.25) is 4.79 Å². The normalized spacial score (nSPS) is 11.4. The van der Waals surface area contributed by atoms with Crippen LogP contribution in [0.25, 0.3) is 0 Å². The number of ether oxygens (including phenoxy) is 1. The van der Waals surface area contributed by atoms with Crippen LogP contribution in [0.5, 0.6) is 5.75 Å². The Balaban J connectivity index is 2.27. The second-order valence-electron chi connectivity index (χ2n) is 5.04. The standard InChI is InChI=1S/C15H17NO5S/c1-10-6-14(16-21-10)9-22(18,19)8-13-7-12(11(2)17)4-5-15(13)20-3/h4-7H,8-9H2,1-3H3. The summed E-state index contributed by atoms with van der Waals surface area (Å²) in [6.45, 7) is 3.13. The molecule has 0 unspecified atom stereocenters. The number of nitrogens with zero attached hydrogens (tertiary/aromatic N) is 1. The molecule has 2 aromatic rings. The molecular formula is C15H17NO5S. The molecule has 1 heterocycles. The summed E-state index contributed by atoms with van der Waals surface area (Å²) < 4.78 is 34.7. The maximum Gasteiger partial charge on any atom is 0.160 e. The predicted molar refractivity (Wildman–Crippen MR) is 80.6 cm³/mol. The van der Waals surface area contributed by atoms with Crippen LogP contribution in [0.15, 0.2) is 28.8 Å². The fourth-order valence-corrected chi connectivity index (χ4v) is 3.50. The number of hydrogen-bond donors (Lipinski definition) is 0. The minimum Gasteiger partial charge on any atom is -0.496 e. The van der Waals surface area contributed by atoms with Crippen molar-refractivity contribution in [1.82, 2.24) is 5.16 Å². The van der Waals surface area contributed by atoms with E-state index in [1.807, 2.05) is 0 Å². The third-order valence-corrected chi connectivity index (χ3v) is 4.59. The smallest absolute Gasteiger partial charge is 0.160 e. The molecule has 6 nitrogen and oxygen atoms in total. The fraction of sp³-hybridized carbons (Fsp3) is 0.333. The number of benzene rings is 1. The molecule has 0 amide bonds. The Labute approximate surface area is 129 Å². The van der Waals surface area contributed by atoms with Gasteiger partial charge in [-0.25, -0.2) is 8.42 Å². The molecule has 0 N–H and O–H groups in total. The fourth-order valence-electron chi connectivity index (χ4n) is 2.11. The zero-order valence-corrected chi connectivity index (χ0v) is 13.4. The van der Waals surface area contributed by atoms with Crippen LogP contribution in [0, 0.1) is 6.92 Å². The molecule has 0 aliphatic carbocycles. The molecule has 1 aromatic heterocycles. The van der Waals surface area contributed by atoms with Gasteiger partial charge in [0.25, 0.3) is 0 Å².